The van der Waals surface area contributed by atoms with Gasteiger partial charge in [-0.3, -0.25) is 0 Å². The van der Waals surface area contributed by atoms with E-state index in [1.165, 1.54) is 18.4 Å². The average Bonchev–Trinajstić information content (AvgIpc) is 2.35. The minimum absolute atomic E-state index is 0.370. The summed E-state index contributed by atoms with van der Waals surface area (Å²) in [5.74, 6) is 0. The number of halogens is 2. The lowest BCUT2D eigenvalue weighted by atomic mass is 9.93. The normalized spacial score (nSPS) is 17.4. The van der Waals surface area contributed by atoms with Crippen LogP contribution in [0.4, 0.5) is 0 Å². The molecule has 0 radical (unpaired) electrons. The topological polar surface area (TPSA) is 20.2 Å². The quantitative estimate of drug-likeness (QED) is 0.789. The molecule has 1 nitrogen and oxygen atoms in total. The molecule has 98 valence electrons. The van der Waals surface area contributed by atoms with Crippen molar-refractivity contribution in [3.8, 4) is 0 Å². The highest BCUT2D eigenvalue weighted by Gasteiger charge is 2.12. The van der Waals surface area contributed by atoms with E-state index in [2.05, 4.69) is 6.08 Å². The van der Waals surface area contributed by atoms with Crippen LogP contribution in [0, 0.1) is 0 Å². The standard InChI is InChI=1S/C15H18Cl2O/c16-13-6-7-15(17)12(9-13)10-14(18)8-11-4-2-1-3-5-11/h4,6-7,9,14,18H,1-3,5,8,10H2. The van der Waals surface area contributed by atoms with Crippen LogP contribution in [0.2, 0.25) is 10.0 Å². The molecule has 0 heterocycles. The Bertz CT molecular complexity index is 440. The summed E-state index contributed by atoms with van der Waals surface area (Å²) in [5, 5.41) is 11.5. The smallest absolute Gasteiger partial charge is 0.0618 e. The monoisotopic (exact) mass is 284 g/mol. The van der Waals surface area contributed by atoms with Crippen LogP contribution in [0.5, 0.6) is 0 Å². The largest absolute Gasteiger partial charge is 0.392 e. The Morgan fingerprint density at radius 2 is 2.00 bits per heavy atom. The third-order valence-corrected chi connectivity index (χ3v) is 3.95. The van der Waals surface area contributed by atoms with Gasteiger partial charge in [-0.2, -0.15) is 0 Å². The Balaban J connectivity index is 1.96. The predicted octanol–water partition coefficient (Wildman–Crippen LogP) is 4.79. The Kier molecular flexibility index (Phi) is 5.11. The molecule has 0 aliphatic heterocycles. The minimum atomic E-state index is -0.370. The van der Waals surface area contributed by atoms with Gasteiger partial charge in [0, 0.05) is 16.5 Å². The molecule has 0 amide bonds. The maximum Gasteiger partial charge on any atom is 0.0618 e. The summed E-state index contributed by atoms with van der Waals surface area (Å²) >= 11 is 12.0. The van der Waals surface area contributed by atoms with Gasteiger partial charge in [0.25, 0.3) is 0 Å². The van der Waals surface area contributed by atoms with Crippen molar-refractivity contribution >= 4 is 23.2 Å². The molecule has 1 aliphatic rings. The maximum absolute atomic E-state index is 10.1. The first-order valence-electron chi connectivity index (χ1n) is 6.45. The van der Waals surface area contributed by atoms with Crippen molar-refractivity contribution < 1.29 is 5.11 Å². The molecule has 18 heavy (non-hydrogen) atoms. The fourth-order valence-electron chi connectivity index (χ4n) is 2.42. The Morgan fingerprint density at radius 3 is 2.72 bits per heavy atom. The molecular formula is C15H18Cl2O. The fraction of sp³-hybridized carbons (Fsp3) is 0.467. The number of hydrogen-bond acceptors (Lipinski definition) is 1. The van der Waals surface area contributed by atoms with Crippen molar-refractivity contribution in [2.45, 2.75) is 44.6 Å². The van der Waals surface area contributed by atoms with Gasteiger partial charge in [0.05, 0.1) is 6.10 Å². The summed E-state index contributed by atoms with van der Waals surface area (Å²) in [4.78, 5) is 0. The number of aliphatic hydroxyl groups excluding tert-OH is 1. The van der Waals surface area contributed by atoms with Crippen molar-refractivity contribution in [3.63, 3.8) is 0 Å². The second kappa shape index (κ2) is 6.60. The van der Waals surface area contributed by atoms with Crippen molar-refractivity contribution in [1.29, 1.82) is 0 Å². The summed E-state index contributed by atoms with van der Waals surface area (Å²) in [7, 11) is 0. The lowest BCUT2D eigenvalue weighted by Gasteiger charge is -2.17. The van der Waals surface area contributed by atoms with E-state index in [1.807, 2.05) is 6.07 Å². The van der Waals surface area contributed by atoms with Crippen LogP contribution in [0.1, 0.15) is 37.7 Å². The van der Waals surface area contributed by atoms with Gasteiger partial charge in [0.15, 0.2) is 0 Å². The molecule has 1 atom stereocenters. The SMILES string of the molecule is OC(CC1=CCCCC1)Cc1cc(Cl)ccc1Cl. The van der Waals surface area contributed by atoms with E-state index in [0.29, 0.717) is 16.5 Å². The highest BCUT2D eigenvalue weighted by Crippen LogP contribution is 2.25. The van der Waals surface area contributed by atoms with E-state index < -0.39 is 0 Å². The molecule has 3 heteroatoms. The Morgan fingerprint density at radius 1 is 1.17 bits per heavy atom. The van der Waals surface area contributed by atoms with Crippen LogP contribution in [0.15, 0.2) is 29.8 Å². The molecule has 0 saturated carbocycles. The van der Waals surface area contributed by atoms with Gasteiger partial charge < -0.3 is 5.11 Å². The molecule has 2 rings (SSSR count). The Hall–Kier alpha value is -0.500. The molecule has 0 spiro atoms. The van der Waals surface area contributed by atoms with Crippen molar-refractivity contribution in [1.82, 2.24) is 0 Å². The molecule has 0 aromatic heterocycles. The van der Waals surface area contributed by atoms with Crippen LogP contribution in [-0.2, 0) is 6.42 Å². The van der Waals surface area contributed by atoms with Crippen molar-refractivity contribution in [2.24, 2.45) is 0 Å². The van der Waals surface area contributed by atoms with Crippen molar-refractivity contribution in [3.05, 3.63) is 45.5 Å². The zero-order valence-corrected chi connectivity index (χ0v) is 11.8. The molecule has 0 fully saturated rings. The van der Waals surface area contributed by atoms with Gasteiger partial charge in [-0.1, -0.05) is 34.9 Å². The lowest BCUT2D eigenvalue weighted by Crippen LogP contribution is -2.12. The van der Waals surface area contributed by atoms with E-state index in [-0.39, 0.29) is 6.10 Å². The first-order valence-corrected chi connectivity index (χ1v) is 7.20. The molecule has 1 aromatic carbocycles. The first-order chi connectivity index (χ1) is 8.65. The minimum Gasteiger partial charge on any atom is -0.392 e. The van der Waals surface area contributed by atoms with Gasteiger partial charge in [-0.25, -0.2) is 0 Å². The number of rotatable bonds is 4. The molecule has 1 aliphatic carbocycles. The summed E-state index contributed by atoms with van der Waals surface area (Å²) in [5.41, 5.74) is 2.31. The summed E-state index contributed by atoms with van der Waals surface area (Å²) in [6.07, 6.45) is 8.02. The second-order valence-corrected chi connectivity index (χ2v) is 5.75. The van der Waals surface area contributed by atoms with Crippen LogP contribution in [0.25, 0.3) is 0 Å². The van der Waals surface area contributed by atoms with E-state index in [0.717, 1.165) is 24.8 Å². The molecule has 0 bridgehead atoms. The number of aliphatic hydroxyl groups is 1. The molecular weight excluding hydrogens is 267 g/mol. The third kappa shape index (κ3) is 4.01. The third-order valence-electron chi connectivity index (χ3n) is 3.35. The summed E-state index contributed by atoms with van der Waals surface area (Å²) in [6, 6.07) is 5.39. The first kappa shape index (κ1) is 13.9. The molecule has 0 saturated heterocycles. The highest BCUT2D eigenvalue weighted by molar-refractivity contribution is 6.33. The highest BCUT2D eigenvalue weighted by atomic mass is 35.5. The average molecular weight is 285 g/mol. The maximum atomic E-state index is 10.1. The summed E-state index contributed by atoms with van der Waals surface area (Å²) in [6.45, 7) is 0. The zero-order chi connectivity index (χ0) is 13.0. The van der Waals surface area contributed by atoms with Gasteiger partial charge in [-0.15, -0.1) is 0 Å². The van der Waals surface area contributed by atoms with Gasteiger partial charge in [-0.05, 0) is 55.9 Å². The predicted molar refractivity (Wildman–Crippen MR) is 77.3 cm³/mol. The van der Waals surface area contributed by atoms with E-state index >= 15 is 0 Å². The zero-order valence-electron chi connectivity index (χ0n) is 10.3. The molecule has 1 unspecified atom stereocenters. The number of allylic oxidation sites excluding steroid dienone is 1. The lowest BCUT2D eigenvalue weighted by molar-refractivity contribution is 0.173. The molecule has 1 aromatic rings. The van der Waals surface area contributed by atoms with Crippen LogP contribution in [-0.4, -0.2) is 11.2 Å². The van der Waals surface area contributed by atoms with E-state index in [1.54, 1.807) is 12.1 Å². The van der Waals surface area contributed by atoms with Crippen LogP contribution < -0.4 is 0 Å². The molecule has 1 N–H and O–H groups in total. The van der Waals surface area contributed by atoms with Crippen LogP contribution >= 0.6 is 23.2 Å². The number of hydrogen-bond donors (Lipinski definition) is 1. The van der Waals surface area contributed by atoms with Gasteiger partial charge in [0.2, 0.25) is 0 Å². The fourth-order valence-corrected chi connectivity index (χ4v) is 2.81. The van der Waals surface area contributed by atoms with Gasteiger partial charge in [0.1, 0.15) is 0 Å². The van der Waals surface area contributed by atoms with Crippen molar-refractivity contribution in [2.75, 3.05) is 0 Å². The van der Waals surface area contributed by atoms with Gasteiger partial charge >= 0.3 is 0 Å². The van der Waals surface area contributed by atoms with Crippen LogP contribution in [0.3, 0.4) is 0 Å². The van der Waals surface area contributed by atoms with E-state index in [9.17, 15) is 5.11 Å². The summed E-state index contributed by atoms with van der Waals surface area (Å²) < 4.78 is 0. The van der Waals surface area contributed by atoms with E-state index in [4.69, 9.17) is 23.2 Å². The Labute approximate surface area is 118 Å². The second-order valence-electron chi connectivity index (χ2n) is 4.91. The number of benzene rings is 1.